The molecule has 0 atom stereocenters. The van der Waals surface area contributed by atoms with Crippen molar-refractivity contribution in [3.63, 3.8) is 0 Å². The summed E-state index contributed by atoms with van der Waals surface area (Å²) >= 11 is 0. The third kappa shape index (κ3) is 7.21. The first-order chi connectivity index (χ1) is 12.5. The first-order valence-electron chi connectivity index (χ1n) is 8.37. The summed E-state index contributed by atoms with van der Waals surface area (Å²) in [5.41, 5.74) is 3.29. The van der Waals surface area contributed by atoms with Crippen LogP contribution in [-0.4, -0.2) is 24.6 Å². The number of nitrogens with one attached hydrogen (secondary N) is 2. The van der Waals surface area contributed by atoms with Gasteiger partial charge < -0.3 is 14.5 Å². The third-order valence-corrected chi connectivity index (χ3v) is 3.29. The van der Waals surface area contributed by atoms with Crippen molar-refractivity contribution >= 4 is 18.0 Å². The van der Waals surface area contributed by atoms with Crippen LogP contribution in [0.5, 0.6) is 5.75 Å². The molecule has 0 fully saturated rings. The van der Waals surface area contributed by atoms with Gasteiger partial charge in [0.05, 0.1) is 19.0 Å². The summed E-state index contributed by atoms with van der Waals surface area (Å²) in [6.07, 6.45) is 3.54. The highest BCUT2D eigenvalue weighted by molar-refractivity contribution is 5.82. The molecule has 0 radical (unpaired) electrons. The van der Waals surface area contributed by atoms with Crippen LogP contribution in [0.2, 0.25) is 0 Å². The summed E-state index contributed by atoms with van der Waals surface area (Å²) in [6.45, 7) is 4.19. The lowest BCUT2D eigenvalue weighted by atomic mass is 10.1. The van der Waals surface area contributed by atoms with Gasteiger partial charge in [0.15, 0.2) is 6.61 Å². The second kappa shape index (κ2) is 10.0. The van der Waals surface area contributed by atoms with Crippen LogP contribution in [0.4, 0.5) is 0 Å². The normalized spacial score (nSPS) is 10.9. The molecule has 138 valence electrons. The fraction of sp³-hybridized carbons (Fsp3) is 0.316. The zero-order valence-corrected chi connectivity index (χ0v) is 14.9. The number of carbonyl (C=O) groups is 2. The van der Waals surface area contributed by atoms with Gasteiger partial charge in [0.25, 0.3) is 5.91 Å². The molecular formula is C19H23N3O4. The molecular weight excluding hydrogens is 334 g/mol. The fourth-order valence-corrected chi connectivity index (χ4v) is 2.04. The SMILES string of the molecule is CC(C)CC(=O)N/N=C\c1ccc(OCC(=O)NCc2ccco2)cc1. The van der Waals surface area contributed by atoms with Crippen molar-refractivity contribution in [2.45, 2.75) is 26.8 Å². The number of nitrogens with zero attached hydrogens (tertiary/aromatic N) is 1. The summed E-state index contributed by atoms with van der Waals surface area (Å²) in [7, 11) is 0. The van der Waals surface area contributed by atoms with Gasteiger partial charge in [-0.1, -0.05) is 13.8 Å². The number of hydrogen-bond donors (Lipinski definition) is 2. The van der Waals surface area contributed by atoms with Gasteiger partial charge >= 0.3 is 0 Å². The maximum Gasteiger partial charge on any atom is 0.258 e. The number of hydrogen-bond acceptors (Lipinski definition) is 5. The molecule has 1 heterocycles. The molecule has 1 aromatic heterocycles. The Morgan fingerprint density at radius 2 is 1.96 bits per heavy atom. The zero-order valence-electron chi connectivity index (χ0n) is 14.9. The summed E-state index contributed by atoms with van der Waals surface area (Å²) in [5, 5.41) is 6.61. The van der Waals surface area contributed by atoms with E-state index in [1.165, 1.54) is 0 Å². The number of benzene rings is 1. The number of ether oxygens (including phenoxy) is 1. The molecule has 0 bridgehead atoms. The lowest BCUT2D eigenvalue weighted by Crippen LogP contribution is -2.28. The van der Waals surface area contributed by atoms with Gasteiger partial charge in [-0.05, 0) is 47.9 Å². The van der Waals surface area contributed by atoms with E-state index in [4.69, 9.17) is 9.15 Å². The second-order valence-electron chi connectivity index (χ2n) is 6.10. The number of furan rings is 1. The second-order valence-corrected chi connectivity index (χ2v) is 6.10. The van der Waals surface area contributed by atoms with Crippen LogP contribution >= 0.6 is 0 Å². The standard InChI is InChI=1S/C19H23N3O4/c1-14(2)10-18(23)22-21-11-15-5-7-16(8-6-15)26-13-19(24)20-12-17-4-3-9-25-17/h3-9,11,14H,10,12-13H2,1-2H3,(H,20,24)(H,22,23)/b21-11-. The van der Waals surface area contributed by atoms with E-state index in [1.807, 2.05) is 13.8 Å². The average molecular weight is 357 g/mol. The summed E-state index contributed by atoms with van der Waals surface area (Å²) in [4.78, 5) is 23.2. The first kappa shape index (κ1) is 19.2. The van der Waals surface area contributed by atoms with E-state index in [-0.39, 0.29) is 24.3 Å². The number of hydrazone groups is 1. The van der Waals surface area contributed by atoms with Crippen molar-refractivity contribution in [2.24, 2.45) is 11.0 Å². The molecule has 2 rings (SSSR count). The number of carbonyl (C=O) groups excluding carboxylic acids is 2. The van der Waals surface area contributed by atoms with Gasteiger partial charge in [-0.3, -0.25) is 9.59 Å². The van der Waals surface area contributed by atoms with E-state index in [2.05, 4.69) is 15.8 Å². The highest BCUT2D eigenvalue weighted by Crippen LogP contribution is 2.11. The van der Waals surface area contributed by atoms with Crippen LogP contribution in [0.1, 0.15) is 31.6 Å². The van der Waals surface area contributed by atoms with Gasteiger partial charge in [-0.25, -0.2) is 5.43 Å². The molecule has 0 saturated heterocycles. The Labute approximate surface area is 152 Å². The van der Waals surface area contributed by atoms with E-state index in [0.717, 1.165) is 5.56 Å². The van der Waals surface area contributed by atoms with Crippen molar-refractivity contribution in [2.75, 3.05) is 6.61 Å². The van der Waals surface area contributed by atoms with E-state index < -0.39 is 0 Å². The van der Waals surface area contributed by atoms with Gasteiger partial charge in [0.2, 0.25) is 5.91 Å². The largest absolute Gasteiger partial charge is 0.484 e. The predicted octanol–water partition coefficient (Wildman–Crippen LogP) is 2.47. The quantitative estimate of drug-likeness (QED) is 0.533. The van der Waals surface area contributed by atoms with Crippen molar-refractivity contribution in [1.29, 1.82) is 0 Å². The minimum Gasteiger partial charge on any atom is -0.484 e. The first-order valence-corrected chi connectivity index (χ1v) is 8.37. The maximum atomic E-state index is 11.7. The summed E-state index contributed by atoms with van der Waals surface area (Å²) in [6, 6.07) is 10.6. The van der Waals surface area contributed by atoms with Crippen LogP contribution in [0.25, 0.3) is 0 Å². The van der Waals surface area contributed by atoms with Crippen LogP contribution in [-0.2, 0) is 16.1 Å². The maximum absolute atomic E-state index is 11.7. The molecule has 2 aromatic rings. The van der Waals surface area contributed by atoms with Gasteiger partial charge in [-0.2, -0.15) is 5.10 Å². The third-order valence-electron chi connectivity index (χ3n) is 3.29. The Bertz CT molecular complexity index is 722. The van der Waals surface area contributed by atoms with Crippen LogP contribution < -0.4 is 15.5 Å². The van der Waals surface area contributed by atoms with E-state index in [1.54, 1.807) is 48.9 Å². The van der Waals surface area contributed by atoms with E-state index in [9.17, 15) is 9.59 Å². The lowest BCUT2D eigenvalue weighted by molar-refractivity contribution is -0.123. The zero-order chi connectivity index (χ0) is 18.8. The Kier molecular flexibility index (Phi) is 7.42. The minimum absolute atomic E-state index is 0.0839. The predicted molar refractivity (Wildman–Crippen MR) is 97.7 cm³/mol. The monoisotopic (exact) mass is 357 g/mol. The van der Waals surface area contributed by atoms with Gasteiger partial charge in [0, 0.05) is 6.42 Å². The Morgan fingerprint density at radius 1 is 1.19 bits per heavy atom. The molecule has 0 aliphatic carbocycles. The molecule has 0 saturated carbocycles. The summed E-state index contributed by atoms with van der Waals surface area (Å²) < 4.78 is 10.6. The van der Waals surface area contributed by atoms with Crippen molar-refractivity contribution in [1.82, 2.24) is 10.7 Å². The van der Waals surface area contributed by atoms with Crippen molar-refractivity contribution in [3.05, 3.63) is 54.0 Å². The molecule has 2 N–H and O–H groups in total. The number of amides is 2. The van der Waals surface area contributed by atoms with Crippen molar-refractivity contribution in [3.8, 4) is 5.75 Å². The smallest absolute Gasteiger partial charge is 0.258 e. The highest BCUT2D eigenvalue weighted by Gasteiger charge is 2.04. The number of rotatable bonds is 9. The Morgan fingerprint density at radius 3 is 2.62 bits per heavy atom. The van der Waals surface area contributed by atoms with Crippen LogP contribution in [0.3, 0.4) is 0 Å². The molecule has 1 aromatic carbocycles. The molecule has 26 heavy (non-hydrogen) atoms. The van der Waals surface area contributed by atoms with Crippen molar-refractivity contribution < 1.29 is 18.7 Å². The van der Waals surface area contributed by atoms with Crippen LogP contribution in [0.15, 0.2) is 52.2 Å². The molecule has 0 unspecified atom stereocenters. The lowest BCUT2D eigenvalue weighted by Gasteiger charge is -2.07. The Balaban J connectivity index is 1.71. The fourth-order valence-electron chi connectivity index (χ4n) is 2.04. The molecule has 0 aliphatic heterocycles. The topological polar surface area (TPSA) is 92.9 Å². The average Bonchev–Trinajstić information content (AvgIpc) is 3.12. The molecule has 7 heteroatoms. The van der Waals surface area contributed by atoms with E-state index >= 15 is 0 Å². The van der Waals surface area contributed by atoms with Crippen LogP contribution in [0, 0.1) is 5.92 Å². The molecule has 2 amide bonds. The minimum atomic E-state index is -0.236. The molecule has 7 nitrogen and oxygen atoms in total. The van der Waals surface area contributed by atoms with Gasteiger partial charge in [-0.15, -0.1) is 0 Å². The van der Waals surface area contributed by atoms with E-state index in [0.29, 0.717) is 24.5 Å². The molecule has 0 spiro atoms. The Hall–Kier alpha value is -3.09. The van der Waals surface area contributed by atoms with Gasteiger partial charge in [0.1, 0.15) is 11.5 Å². The highest BCUT2D eigenvalue weighted by atomic mass is 16.5. The summed E-state index contributed by atoms with van der Waals surface area (Å²) in [5.74, 6) is 1.19. The molecule has 0 aliphatic rings.